The highest BCUT2D eigenvalue weighted by Gasteiger charge is 2.25. The minimum atomic E-state index is -0.492. The van der Waals surface area contributed by atoms with E-state index in [0.29, 0.717) is 23.0 Å². The van der Waals surface area contributed by atoms with Gasteiger partial charge in [0.05, 0.1) is 14.2 Å². The number of carbonyl (C=O) groups is 1. The van der Waals surface area contributed by atoms with Crippen LogP contribution in [0.1, 0.15) is 11.1 Å². The van der Waals surface area contributed by atoms with Gasteiger partial charge in [0.1, 0.15) is 0 Å². The summed E-state index contributed by atoms with van der Waals surface area (Å²) in [7, 11) is 3.11. The molecule has 0 aliphatic carbocycles. The number of benzene rings is 2. The number of aliphatic imine (C=N–C) groups is 1. The second-order valence-electron chi connectivity index (χ2n) is 4.93. The van der Waals surface area contributed by atoms with Gasteiger partial charge in [0.25, 0.3) is 0 Å². The fourth-order valence-electron chi connectivity index (χ4n) is 2.33. The number of cyclic esters (lactones) is 1. The van der Waals surface area contributed by atoms with Gasteiger partial charge in [-0.15, -0.1) is 0 Å². The molecule has 1 aliphatic heterocycles. The van der Waals surface area contributed by atoms with E-state index in [1.165, 1.54) is 0 Å². The van der Waals surface area contributed by atoms with Crippen molar-refractivity contribution in [1.29, 1.82) is 0 Å². The third-order valence-electron chi connectivity index (χ3n) is 3.42. The first kappa shape index (κ1) is 16.5. The molecule has 1 heterocycles. The highest BCUT2D eigenvalue weighted by molar-refractivity contribution is 14.1. The Morgan fingerprint density at radius 2 is 1.92 bits per heavy atom. The maximum atomic E-state index is 12.1. The van der Waals surface area contributed by atoms with Crippen molar-refractivity contribution in [2.45, 2.75) is 0 Å². The van der Waals surface area contributed by atoms with Gasteiger partial charge in [0.15, 0.2) is 17.2 Å². The second-order valence-corrected chi connectivity index (χ2v) is 6.17. The molecular formula is C18H14INO4. The third kappa shape index (κ3) is 3.28. The molecule has 1 aliphatic rings. The summed E-state index contributed by atoms with van der Waals surface area (Å²) in [5, 5.41) is 0. The van der Waals surface area contributed by atoms with Crippen LogP contribution in [0.15, 0.2) is 53.2 Å². The first-order chi connectivity index (χ1) is 11.6. The molecule has 0 saturated carbocycles. The van der Waals surface area contributed by atoms with Crippen LogP contribution in [-0.2, 0) is 9.53 Å². The van der Waals surface area contributed by atoms with Crippen LogP contribution in [0.4, 0.5) is 0 Å². The van der Waals surface area contributed by atoms with E-state index in [4.69, 9.17) is 14.2 Å². The molecule has 0 spiro atoms. The van der Waals surface area contributed by atoms with Gasteiger partial charge in [-0.05, 0) is 52.9 Å². The predicted octanol–water partition coefficient (Wildman–Crippen LogP) is 3.65. The number of esters is 1. The zero-order chi connectivity index (χ0) is 17.1. The van der Waals surface area contributed by atoms with Crippen molar-refractivity contribution < 1.29 is 19.0 Å². The van der Waals surface area contributed by atoms with Gasteiger partial charge < -0.3 is 14.2 Å². The molecule has 5 nitrogen and oxygen atoms in total. The molecular weight excluding hydrogens is 421 g/mol. The predicted molar refractivity (Wildman–Crippen MR) is 99.3 cm³/mol. The summed E-state index contributed by atoms with van der Waals surface area (Å²) in [4.78, 5) is 16.4. The average Bonchev–Trinajstić information content (AvgIpc) is 2.95. The maximum Gasteiger partial charge on any atom is 0.363 e. The topological polar surface area (TPSA) is 57.1 Å². The number of hydrogen-bond acceptors (Lipinski definition) is 5. The highest BCUT2D eigenvalue weighted by atomic mass is 127. The lowest BCUT2D eigenvalue weighted by Crippen LogP contribution is -2.05. The summed E-state index contributed by atoms with van der Waals surface area (Å²) < 4.78 is 17.0. The first-order valence-corrected chi connectivity index (χ1v) is 8.19. The van der Waals surface area contributed by atoms with Crippen LogP contribution in [0.3, 0.4) is 0 Å². The Hall–Kier alpha value is -2.35. The number of carbonyl (C=O) groups excluding carboxylic acids is 1. The van der Waals surface area contributed by atoms with Crippen molar-refractivity contribution in [3.05, 3.63) is 62.9 Å². The molecule has 0 bridgehead atoms. The molecule has 0 radical (unpaired) electrons. The second kappa shape index (κ2) is 7.04. The van der Waals surface area contributed by atoms with Gasteiger partial charge in [-0.3, -0.25) is 0 Å². The monoisotopic (exact) mass is 435 g/mol. The third-order valence-corrected chi connectivity index (χ3v) is 4.09. The molecule has 122 valence electrons. The normalized spacial score (nSPS) is 15.2. The van der Waals surface area contributed by atoms with Crippen molar-refractivity contribution in [3.63, 3.8) is 0 Å². The Kier molecular flexibility index (Phi) is 4.84. The molecule has 0 atom stereocenters. The largest absolute Gasteiger partial charge is 0.493 e. The summed E-state index contributed by atoms with van der Waals surface area (Å²) >= 11 is 2.20. The lowest BCUT2D eigenvalue weighted by molar-refractivity contribution is -0.129. The van der Waals surface area contributed by atoms with Crippen molar-refractivity contribution in [3.8, 4) is 11.5 Å². The maximum absolute atomic E-state index is 12.1. The number of para-hydroxylation sites is 1. The number of rotatable bonds is 4. The minimum absolute atomic E-state index is 0.218. The summed E-state index contributed by atoms with van der Waals surface area (Å²) in [6.07, 6.45) is 1.63. The molecule has 3 rings (SSSR count). The minimum Gasteiger partial charge on any atom is -0.493 e. The van der Waals surface area contributed by atoms with Gasteiger partial charge in [0.2, 0.25) is 5.90 Å². The van der Waals surface area contributed by atoms with Crippen molar-refractivity contribution in [2.75, 3.05) is 14.2 Å². The van der Waals surface area contributed by atoms with Crippen LogP contribution in [0, 0.1) is 3.57 Å². The van der Waals surface area contributed by atoms with E-state index in [2.05, 4.69) is 27.6 Å². The molecule has 0 aromatic heterocycles. The molecule has 2 aromatic carbocycles. The molecule has 0 fully saturated rings. The van der Waals surface area contributed by atoms with E-state index in [9.17, 15) is 4.79 Å². The van der Waals surface area contributed by atoms with E-state index < -0.39 is 5.97 Å². The first-order valence-electron chi connectivity index (χ1n) is 7.12. The average molecular weight is 435 g/mol. The zero-order valence-corrected chi connectivity index (χ0v) is 15.2. The molecule has 0 saturated heterocycles. The van der Waals surface area contributed by atoms with Crippen LogP contribution in [-0.4, -0.2) is 26.1 Å². The van der Waals surface area contributed by atoms with Crippen molar-refractivity contribution in [2.24, 2.45) is 4.99 Å². The highest BCUT2D eigenvalue weighted by Crippen LogP contribution is 2.33. The van der Waals surface area contributed by atoms with E-state index in [0.717, 1.165) is 9.13 Å². The molecule has 6 heteroatoms. The SMILES string of the molecule is COc1cccc(/C=C2\N=C(c3cccc(I)c3)OC2=O)c1OC. The standard InChI is InChI=1S/C18H14INO4/c1-22-15-8-4-5-11(16(15)23-2)10-14-18(21)24-17(20-14)12-6-3-7-13(19)9-12/h3-10H,1-2H3/b14-10-. The lowest BCUT2D eigenvalue weighted by atomic mass is 10.1. The summed E-state index contributed by atoms with van der Waals surface area (Å²) in [5.41, 5.74) is 1.67. The van der Waals surface area contributed by atoms with Gasteiger partial charge >= 0.3 is 5.97 Å². The Balaban J connectivity index is 2.01. The van der Waals surface area contributed by atoms with Gasteiger partial charge in [-0.2, -0.15) is 0 Å². The fourth-order valence-corrected chi connectivity index (χ4v) is 2.87. The molecule has 2 aromatic rings. The quantitative estimate of drug-likeness (QED) is 0.418. The Bertz CT molecular complexity index is 858. The van der Waals surface area contributed by atoms with E-state index >= 15 is 0 Å². The Labute approximate surface area is 153 Å². The smallest absolute Gasteiger partial charge is 0.363 e. The summed E-state index contributed by atoms with van der Waals surface area (Å²) in [6.45, 7) is 0. The number of ether oxygens (including phenoxy) is 3. The van der Waals surface area contributed by atoms with E-state index in [1.54, 1.807) is 26.4 Å². The van der Waals surface area contributed by atoms with Crippen LogP contribution in [0.2, 0.25) is 0 Å². The lowest BCUT2D eigenvalue weighted by Gasteiger charge is -2.09. The van der Waals surface area contributed by atoms with Crippen LogP contribution in [0.25, 0.3) is 6.08 Å². The van der Waals surface area contributed by atoms with E-state index in [1.807, 2.05) is 36.4 Å². The number of nitrogens with zero attached hydrogens (tertiary/aromatic N) is 1. The summed E-state index contributed by atoms with van der Waals surface area (Å²) in [6, 6.07) is 13.0. The zero-order valence-electron chi connectivity index (χ0n) is 13.1. The fraction of sp³-hybridized carbons (Fsp3) is 0.111. The molecule has 0 unspecified atom stereocenters. The van der Waals surface area contributed by atoms with E-state index in [-0.39, 0.29) is 5.70 Å². The molecule has 24 heavy (non-hydrogen) atoms. The van der Waals surface area contributed by atoms with Crippen LogP contribution < -0.4 is 9.47 Å². The van der Waals surface area contributed by atoms with Gasteiger partial charge in [-0.1, -0.05) is 18.2 Å². The Morgan fingerprint density at radius 3 is 2.62 bits per heavy atom. The number of hydrogen-bond donors (Lipinski definition) is 0. The van der Waals surface area contributed by atoms with Crippen LogP contribution in [0.5, 0.6) is 11.5 Å². The number of halogens is 1. The Morgan fingerprint density at radius 1 is 1.12 bits per heavy atom. The van der Waals surface area contributed by atoms with Crippen LogP contribution >= 0.6 is 22.6 Å². The van der Waals surface area contributed by atoms with Crippen molar-refractivity contribution in [1.82, 2.24) is 0 Å². The summed E-state index contributed by atoms with van der Waals surface area (Å²) in [5.74, 6) is 0.929. The van der Waals surface area contributed by atoms with Crippen molar-refractivity contribution >= 4 is 40.5 Å². The molecule has 0 N–H and O–H groups in total. The number of methoxy groups -OCH3 is 2. The van der Waals surface area contributed by atoms with Gasteiger partial charge in [0, 0.05) is 14.7 Å². The molecule has 0 amide bonds. The van der Waals surface area contributed by atoms with Gasteiger partial charge in [-0.25, -0.2) is 9.79 Å².